The van der Waals surface area contributed by atoms with E-state index in [-0.39, 0.29) is 12.5 Å². The molecule has 0 aliphatic rings. The lowest BCUT2D eigenvalue weighted by Gasteiger charge is -2.20. The Kier molecular flexibility index (Phi) is 4.87. The first-order valence-corrected chi connectivity index (χ1v) is 9.53. The zero-order valence-electron chi connectivity index (χ0n) is 14.5. The van der Waals surface area contributed by atoms with Crippen LogP contribution in [0.25, 0.3) is 10.2 Å². The number of carbonyl (C=O) groups excluding carboxylic acids is 1. The van der Waals surface area contributed by atoms with Crippen LogP contribution in [0.2, 0.25) is 5.02 Å². The monoisotopic (exact) mass is 397 g/mol. The van der Waals surface area contributed by atoms with Crippen LogP contribution in [0.5, 0.6) is 0 Å². The third-order valence-corrected chi connectivity index (χ3v) is 5.70. The minimum Gasteiger partial charge on any atom is -0.282 e. The van der Waals surface area contributed by atoms with Crippen LogP contribution in [0.15, 0.2) is 55.1 Å². The Balaban J connectivity index is 1.74. The van der Waals surface area contributed by atoms with Crippen molar-refractivity contribution < 1.29 is 4.79 Å². The molecule has 4 rings (SSSR count). The van der Waals surface area contributed by atoms with Crippen molar-refractivity contribution in [3.05, 3.63) is 71.3 Å². The van der Waals surface area contributed by atoms with Gasteiger partial charge >= 0.3 is 0 Å². The SMILES string of the molecule is Cc1ccc(Cl)c2sc(N(Cc3ccccc3)C(=O)Cn3cncn3)nc12. The molecule has 0 atom stereocenters. The average molecular weight is 398 g/mol. The third kappa shape index (κ3) is 3.70. The fraction of sp³-hybridized carbons (Fsp3) is 0.158. The van der Waals surface area contributed by atoms with Crippen LogP contribution < -0.4 is 4.90 Å². The zero-order chi connectivity index (χ0) is 18.8. The predicted octanol–water partition coefficient (Wildman–Crippen LogP) is 4.08. The van der Waals surface area contributed by atoms with Gasteiger partial charge in [-0.15, -0.1) is 0 Å². The highest BCUT2D eigenvalue weighted by Gasteiger charge is 2.22. The number of nitrogens with zero attached hydrogens (tertiary/aromatic N) is 5. The number of amides is 1. The number of rotatable bonds is 5. The smallest absolute Gasteiger partial charge is 0.250 e. The Hall–Kier alpha value is -2.77. The highest BCUT2D eigenvalue weighted by Crippen LogP contribution is 2.36. The van der Waals surface area contributed by atoms with Crippen LogP contribution >= 0.6 is 22.9 Å². The van der Waals surface area contributed by atoms with Gasteiger partial charge in [0.15, 0.2) is 5.13 Å². The molecule has 0 bridgehead atoms. The van der Waals surface area contributed by atoms with Crippen LogP contribution in [0.4, 0.5) is 5.13 Å². The molecule has 2 aromatic heterocycles. The van der Waals surface area contributed by atoms with Gasteiger partial charge in [-0.2, -0.15) is 5.10 Å². The highest BCUT2D eigenvalue weighted by molar-refractivity contribution is 7.23. The number of fused-ring (bicyclic) bond motifs is 1. The highest BCUT2D eigenvalue weighted by atomic mass is 35.5. The number of benzene rings is 2. The second-order valence-electron chi connectivity index (χ2n) is 6.10. The fourth-order valence-corrected chi connectivity index (χ4v) is 4.11. The molecule has 0 spiro atoms. The molecule has 0 unspecified atom stereocenters. The van der Waals surface area contributed by atoms with Gasteiger partial charge in [-0.3, -0.25) is 9.69 Å². The van der Waals surface area contributed by atoms with Crippen LogP contribution in [-0.2, 0) is 17.9 Å². The molecule has 0 radical (unpaired) electrons. The van der Waals surface area contributed by atoms with E-state index in [1.54, 1.807) is 4.90 Å². The summed E-state index contributed by atoms with van der Waals surface area (Å²) in [6.45, 7) is 2.50. The minimum absolute atomic E-state index is 0.0927. The van der Waals surface area contributed by atoms with Crippen LogP contribution in [-0.4, -0.2) is 25.7 Å². The fourth-order valence-electron chi connectivity index (χ4n) is 2.77. The molecule has 2 aromatic carbocycles. The van der Waals surface area contributed by atoms with E-state index in [0.717, 1.165) is 21.3 Å². The van der Waals surface area contributed by atoms with E-state index in [0.29, 0.717) is 16.7 Å². The Morgan fingerprint density at radius 1 is 1.22 bits per heavy atom. The van der Waals surface area contributed by atoms with Crippen LogP contribution in [0.3, 0.4) is 0 Å². The number of hydrogen-bond donors (Lipinski definition) is 0. The first-order valence-electron chi connectivity index (χ1n) is 8.34. The molecule has 0 aliphatic heterocycles. The first-order chi connectivity index (χ1) is 13.1. The van der Waals surface area contributed by atoms with E-state index in [1.807, 2.05) is 49.4 Å². The molecule has 1 amide bonds. The maximum atomic E-state index is 13.0. The molecule has 0 saturated heterocycles. The van der Waals surface area contributed by atoms with Crippen molar-refractivity contribution in [3.8, 4) is 0 Å². The maximum absolute atomic E-state index is 13.0. The van der Waals surface area contributed by atoms with Gasteiger partial charge in [0.25, 0.3) is 5.91 Å². The number of halogens is 1. The summed E-state index contributed by atoms with van der Waals surface area (Å²) in [5, 5.41) is 5.29. The van der Waals surface area contributed by atoms with Crippen LogP contribution in [0.1, 0.15) is 11.1 Å². The van der Waals surface area contributed by atoms with Gasteiger partial charge in [-0.25, -0.2) is 14.6 Å². The van der Waals surface area contributed by atoms with Crippen molar-refractivity contribution in [2.24, 2.45) is 0 Å². The van der Waals surface area contributed by atoms with Crippen molar-refractivity contribution in [1.29, 1.82) is 0 Å². The molecule has 4 aromatic rings. The van der Waals surface area contributed by atoms with Gasteiger partial charge in [0.2, 0.25) is 0 Å². The van der Waals surface area contributed by atoms with Crippen molar-refractivity contribution in [3.63, 3.8) is 0 Å². The summed E-state index contributed by atoms with van der Waals surface area (Å²) in [6.07, 6.45) is 2.94. The normalized spacial score (nSPS) is 11.0. The number of aromatic nitrogens is 4. The molecule has 0 N–H and O–H groups in total. The minimum atomic E-state index is -0.114. The largest absolute Gasteiger partial charge is 0.282 e. The summed E-state index contributed by atoms with van der Waals surface area (Å²) in [7, 11) is 0. The quantitative estimate of drug-likeness (QED) is 0.509. The summed E-state index contributed by atoms with van der Waals surface area (Å²) >= 11 is 7.77. The average Bonchev–Trinajstić information content (AvgIpc) is 3.34. The summed E-state index contributed by atoms with van der Waals surface area (Å²) < 4.78 is 2.39. The Morgan fingerprint density at radius 3 is 2.74 bits per heavy atom. The van der Waals surface area contributed by atoms with E-state index in [4.69, 9.17) is 16.6 Å². The maximum Gasteiger partial charge on any atom is 0.250 e. The van der Waals surface area contributed by atoms with Gasteiger partial charge in [-0.05, 0) is 24.1 Å². The molecular formula is C19H16ClN5OS. The van der Waals surface area contributed by atoms with E-state index in [1.165, 1.54) is 28.7 Å². The lowest BCUT2D eigenvalue weighted by Crippen LogP contribution is -2.33. The van der Waals surface area contributed by atoms with Gasteiger partial charge in [0, 0.05) is 0 Å². The molecule has 8 heteroatoms. The van der Waals surface area contributed by atoms with E-state index in [9.17, 15) is 4.79 Å². The predicted molar refractivity (Wildman–Crippen MR) is 107 cm³/mol. The van der Waals surface area contributed by atoms with Gasteiger partial charge in [0.05, 0.1) is 21.8 Å². The summed E-state index contributed by atoms with van der Waals surface area (Å²) in [4.78, 5) is 23.3. The van der Waals surface area contributed by atoms with Gasteiger partial charge in [-0.1, -0.05) is 59.3 Å². The van der Waals surface area contributed by atoms with Crippen molar-refractivity contribution in [2.45, 2.75) is 20.0 Å². The van der Waals surface area contributed by atoms with E-state index in [2.05, 4.69) is 10.1 Å². The van der Waals surface area contributed by atoms with Gasteiger partial charge < -0.3 is 0 Å². The summed E-state index contributed by atoms with van der Waals surface area (Å²) in [5.74, 6) is -0.114. The number of thiazole rings is 1. The molecule has 0 aliphatic carbocycles. The first kappa shape index (κ1) is 17.6. The van der Waals surface area contributed by atoms with Gasteiger partial charge in [0.1, 0.15) is 19.2 Å². The second kappa shape index (κ2) is 7.46. The Morgan fingerprint density at radius 2 is 2.04 bits per heavy atom. The van der Waals surface area contributed by atoms with Crippen molar-refractivity contribution >= 4 is 44.2 Å². The molecule has 2 heterocycles. The molecular weight excluding hydrogens is 382 g/mol. The lowest BCUT2D eigenvalue weighted by molar-refractivity contribution is -0.119. The molecule has 6 nitrogen and oxygen atoms in total. The van der Waals surface area contributed by atoms with E-state index >= 15 is 0 Å². The van der Waals surface area contributed by atoms with Crippen molar-refractivity contribution in [1.82, 2.24) is 19.7 Å². The third-order valence-electron chi connectivity index (χ3n) is 4.17. The lowest BCUT2D eigenvalue weighted by atomic mass is 10.2. The Bertz CT molecular complexity index is 1040. The topological polar surface area (TPSA) is 63.9 Å². The number of anilines is 1. The molecule has 136 valence electrons. The number of aryl methyl sites for hydroxylation is 1. The Labute approximate surface area is 165 Å². The second-order valence-corrected chi connectivity index (χ2v) is 7.48. The summed E-state index contributed by atoms with van der Waals surface area (Å²) in [6, 6.07) is 13.6. The molecule has 27 heavy (non-hydrogen) atoms. The van der Waals surface area contributed by atoms with Crippen LogP contribution in [0, 0.1) is 6.92 Å². The molecule has 0 saturated carbocycles. The number of hydrogen-bond acceptors (Lipinski definition) is 5. The standard InChI is InChI=1S/C19H16ClN5OS/c1-13-7-8-15(20)18-17(13)23-19(27-18)25(9-14-5-3-2-4-6-14)16(26)10-24-12-21-11-22-24/h2-8,11-12H,9-10H2,1H3. The number of carbonyl (C=O) groups is 1. The molecule has 0 fully saturated rings. The van der Waals surface area contributed by atoms with Crippen molar-refractivity contribution in [2.75, 3.05) is 4.90 Å². The van der Waals surface area contributed by atoms with E-state index < -0.39 is 0 Å². The summed E-state index contributed by atoms with van der Waals surface area (Å²) in [5.41, 5.74) is 2.88. The zero-order valence-corrected chi connectivity index (χ0v) is 16.1.